The van der Waals surface area contributed by atoms with Gasteiger partial charge in [0.15, 0.2) is 0 Å². The van der Waals surface area contributed by atoms with Gasteiger partial charge in [0, 0.05) is 13.1 Å². The van der Waals surface area contributed by atoms with Crippen molar-refractivity contribution in [2.24, 2.45) is 5.92 Å². The first-order chi connectivity index (χ1) is 4.74. The number of hydrogen-bond acceptors (Lipinski definition) is 2. The second kappa shape index (κ2) is 3.01. The number of rotatable bonds is 1. The monoisotopic (exact) mass is 143 g/mol. The summed E-state index contributed by atoms with van der Waals surface area (Å²) in [6, 6.07) is 0. The van der Waals surface area contributed by atoms with Crippen molar-refractivity contribution in [2.45, 2.75) is 19.4 Å². The molecule has 0 bridgehead atoms. The molecule has 3 heteroatoms. The van der Waals surface area contributed by atoms with Crippen LogP contribution in [0, 0.1) is 5.92 Å². The van der Waals surface area contributed by atoms with Gasteiger partial charge in [0.2, 0.25) is 6.41 Å². The second-order valence-electron chi connectivity index (χ2n) is 2.93. The Hall–Kier alpha value is -0.570. The molecule has 1 aliphatic heterocycles. The first kappa shape index (κ1) is 7.54. The molecule has 1 heterocycles. The van der Waals surface area contributed by atoms with Crippen LogP contribution < -0.4 is 0 Å². The van der Waals surface area contributed by atoms with Gasteiger partial charge in [-0.15, -0.1) is 0 Å². The van der Waals surface area contributed by atoms with E-state index in [-0.39, 0.29) is 12.0 Å². The second-order valence-corrected chi connectivity index (χ2v) is 2.93. The minimum absolute atomic E-state index is 0.212. The average molecular weight is 143 g/mol. The number of nitrogens with zero attached hydrogens (tertiary/aromatic N) is 1. The Morgan fingerprint density at radius 3 is 2.90 bits per heavy atom. The first-order valence-electron chi connectivity index (χ1n) is 3.61. The van der Waals surface area contributed by atoms with Crippen LogP contribution in [0.5, 0.6) is 0 Å². The van der Waals surface area contributed by atoms with Crippen molar-refractivity contribution in [1.29, 1.82) is 0 Å². The Balaban J connectivity index is 2.40. The Kier molecular flexibility index (Phi) is 2.27. The maximum absolute atomic E-state index is 10.3. The summed E-state index contributed by atoms with van der Waals surface area (Å²) >= 11 is 0. The zero-order valence-electron chi connectivity index (χ0n) is 6.16. The van der Waals surface area contributed by atoms with E-state index in [0.29, 0.717) is 13.1 Å². The van der Waals surface area contributed by atoms with Crippen molar-refractivity contribution < 1.29 is 9.90 Å². The molecule has 1 N–H and O–H groups in total. The van der Waals surface area contributed by atoms with E-state index in [1.54, 1.807) is 4.90 Å². The van der Waals surface area contributed by atoms with E-state index in [1.807, 2.05) is 6.92 Å². The number of hydrogen-bond donors (Lipinski definition) is 1. The van der Waals surface area contributed by atoms with E-state index < -0.39 is 0 Å². The van der Waals surface area contributed by atoms with Gasteiger partial charge in [-0.05, 0) is 12.3 Å². The van der Waals surface area contributed by atoms with E-state index in [0.717, 1.165) is 12.8 Å². The van der Waals surface area contributed by atoms with Gasteiger partial charge in [-0.1, -0.05) is 6.92 Å². The van der Waals surface area contributed by atoms with Crippen LogP contribution in [0.2, 0.25) is 0 Å². The number of carbonyl (C=O) groups excluding carboxylic acids is 1. The van der Waals surface area contributed by atoms with Gasteiger partial charge < -0.3 is 10.0 Å². The lowest BCUT2D eigenvalue weighted by Crippen LogP contribution is -2.40. The van der Waals surface area contributed by atoms with Crippen LogP contribution in [-0.2, 0) is 4.79 Å². The predicted molar refractivity (Wildman–Crippen MR) is 37.4 cm³/mol. The lowest BCUT2D eigenvalue weighted by molar-refractivity contribution is -0.121. The molecular weight excluding hydrogens is 130 g/mol. The Morgan fingerprint density at radius 2 is 2.40 bits per heavy atom. The van der Waals surface area contributed by atoms with Crippen molar-refractivity contribution >= 4 is 6.41 Å². The number of amides is 1. The molecule has 1 fully saturated rings. The van der Waals surface area contributed by atoms with Gasteiger partial charge in [0.1, 0.15) is 0 Å². The Labute approximate surface area is 60.6 Å². The molecule has 0 aliphatic carbocycles. The molecule has 1 rings (SSSR count). The highest BCUT2D eigenvalue weighted by atomic mass is 16.3. The highest BCUT2D eigenvalue weighted by Gasteiger charge is 2.22. The molecule has 2 atom stereocenters. The van der Waals surface area contributed by atoms with E-state index in [4.69, 9.17) is 0 Å². The topological polar surface area (TPSA) is 40.5 Å². The maximum atomic E-state index is 10.3. The standard InChI is InChI=1S/C7H13NO2/c1-6-4-8(5-9)3-2-7(6)10/h5-7,10H,2-4H2,1H3. The molecule has 1 saturated heterocycles. The number of carbonyl (C=O) groups is 1. The minimum atomic E-state index is -0.212. The summed E-state index contributed by atoms with van der Waals surface area (Å²) in [6.07, 6.45) is 1.36. The van der Waals surface area contributed by atoms with Gasteiger partial charge in [-0.3, -0.25) is 4.79 Å². The summed E-state index contributed by atoms with van der Waals surface area (Å²) in [5.74, 6) is 0.235. The van der Waals surface area contributed by atoms with Crippen molar-refractivity contribution in [1.82, 2.24) is 4.90 Å². The molecular formula is C7H13NO2. The molecule has 0 aromatic carbocycles. The van der Waals surface area contributed by atoms with Gasteiger partial charge in [0.05, 0.1) is 6.10 Å². The van der Waals surface area contributed by atoms with Crippen molar-refractivity contribution in [3.05, 3.63) is 0 Å². The lowest BCUT2D eigenvalue weighted by Gasteiger charge is -2.31. The fourth-order valence-corrected chi connectivity index (χ4v) is 1.26. The van der Waals surface area contributed by atoms with Crippen LogP contribution in [-0.4, -0.2) is 35.6 Å². The van der Waals surface area contributed by atoms with Gasteiger partial charge >= 0.3 is 0 Å². The molecule has 3 nitrogen and oxygen atoms in total. The van der Waals surface area contributed by atoms with E-state index in [2.05, 4.69) is 0 Å². The zero-order chi connectivity index (χ0) is 7.56. The van der Waals surface area contributed by atoms with Gasteiger partial charge in [-0.25, -0.2) is 0 Å². The molecule has 10 heavy (non-hydrogen) atoms. The van der Waals surface area contributed by atoms with Gasteiger partial charge in [-0.2, -0.15) is 0 Å². The predicted octanol–water partition coefficient (Wildman–Crippen LogP) is -0.155. The van der Waals surface area contributed by atoms with Crippen LogP contribution in [0.1, 0.15) is 13.3 Å². The van der Waals surface area contributed by atoms with E-state index in [1.165, 1.54) is 0 Å². The van der Waals surface area contributed by atoms with Crippen molar-refractivity contribution in [3.8, 4) is 0 Å². The largest absolute Gasteiger partial charge is 0.393 e. The molecule has 0 radical (unpaired) electrons. The third-order valence-corrected chi connectivity index (χ3v) is 2.04. The van der Waals surface area contributed by atoms with Crippen LogP contribution >= 0.6 is 0 Å². The summed E-state index contributed by atoms with van der Waals surface area (Å²) in [4.78, 5) is 12.0. The van der Waals surface area contributed by atoms with Crippen LogP contribution in [0.15, 0.2) is 0 Å². The summed E-state index contributed by atoms with van der Waals surface area (Å²) < 4.78 is 0. The first-order valence-corrected chi connectivity index (χ1v) is 3.61. The van der Waals surface area contributed by atoms with Gasteiger partial charge in [0.25, 0.3) is 0 Å². The molecule has 2 unspecified atom stereocenters. The fourth-order valence-electron chi connectivity index (χ4n) is 1.26. The normalized spacial score (nSPS) is 34.0. The third-order valence-electron chi connectivity index (χ3n) is 2.04. The highest BCUT2D eigenvalue weighted by molar-refractivity contribution is 5.47. The van der Waals surface area contributed by atoms with E-state index >= 15 is 0 Å². The third kappa shape index (κ3) is 1.48. The molecule has 1 aliphatic rings. The zero-order valence-corrected chi connectivity index (χ0v) is 6.16. The minimum Gasteiger partial charge on any atom is -0.393 e. The SMILES string of the molecule is CC1CN(C=O)CCC1O. The molecule has 0 spiro atoms. The van der Waals surface area contributed by atoms with Crippen LogP contribution in [0.3, 0.4) is 0 Å². The van der Waals surface area contributed by atoms with E-state index in [9.17, 15) is 9.90 Å². The summed E-state index contributed by atoms with van der Waals surface area (Å²) in [6.45, 7) is 3.36. The van der Waals surface area contributed by atoms with Crippen LogP contribution in [0.25, 0.3) is 0 Å². The Bertz CT molecular complexity index is 127. The number of aliphatic hydroxyl groups is 1. The summed E-state index contributed by atoms with van der Waals surface area (Å²) in [5, 5.41) is 9.25. The molecule has 58 valence electrons. The molecule has 0 saturated carbocycles. The van der Waals surface area contributed by atoms with Crippen molar-refractivity contribution in [3.63, 3.8) is 0 Å². The summed E-state index contributed by atoms with van der Waals surface area (Å²) in [5.41, 5.74) is 0. The summed E-state index contributed by atoms with van der Waals surface area (Å²) in [7, 11) is 0. The lowest BCUT2D eigenvalue weighted by atomic mass is 9.97. The molecule has 0 aromatic heterocycles. The van der Waals surface area contributed by atoms with Crippen molar-refractivity contribution in [2.75, 3.05) is 13.1 Å². The Morgan fingerprint density at radius 1 is 1.70 bits per heavy atom. The average Bonchev–Trinajstić information content (AvgIpc) is 1.95. The number of piperidine rings is 1. The molecule has 0 aromatic rings. The van der Waals surface area contributed by atoms with Crippen LogP contribution in [0.4, 0.5) is 0 Å². The maximum Gasteiger partial charge on any atom is 0.209 e. The highest BCUT2D eigenvalue weighted by Crippen LogP contribution is 2.14. The smallest absolute Gasteiger partial charge is 0.209 e. The number of aliphatic hydroxyl groups excluding tert-OH is 1. The number of likely N-dealkylation sites (tertiary alicyclic amines) is 1. The fraction of sp³-hybridized carbons (Fsp3) is 0.857. The quantitative estimate of drug-likeness (QED) is 0.518. The molecule has 1 amide bonds.